The van der Waals surface area contributed by atoms with Crippen LogP contribution in [0.5, 0.6) is 5.75 Å². The van der Waals surface area contributed by atoms with Gasteiger partial charge in [0.2, 0.25) is 5.91 Å². The number of carbonyl (C=O) groups is 3. The maximum atomic E-state index is 13.4. The van der Waals surface area contributed by atoms with E-state index in [-0.39, 0.29) is 11.6 Å². The highest BCUT2D eigenvalue weighted by Crippen LogP contribution is 2.31. The molecule has 2 aromatic heterocycles. The van der Waals surface area contributed by atoms with Crippen molar-refractivity contribution in [1.29, 1.82) is 0 Å². The quantitative estimate of drug-likeness (QED) is 0.112. The van der Waals surface area contributed by atoms with Crippen LogP contribution in [0.1, 0.15) is 29.8 Å². The number of hydrogen-bond acceptors (Lipinski definition) is 8. The molecule has 3 N–H and O–H groups in total. The number of nitrogens with zero attached hydrogens (tertiary/aromatic N) is 2. The van der Waals surface area contributed by atoms with Crippen molar-refractivity contribution in [3.05, 3.63) is 114 Å². The van der Waals surface area contributed by atoms with Crippen LogP contribution < -0.4 is 20.7 Å². The van der Waals surface area contributed by atoms with E-state index >= 15 is 0 Å². The van der Waals surface area contributed by atoms with Crippen molar-refractivity contribution < 1.29 is 19.1 Å². The minimum Gasteiger partial charge on any atom is -0.494 e. The molecule has 1 unspecified atom stereocenters. The van der Waals surface area contributed by atoms with Crippen LogP contribution in [0.3, 0.4) is 0 Å². The number of fused-ring (bicyclic) bond motifs is 1. The largest absolute Gasteiger partial charge is 0.494 e. The van der Waals surface area contributed by atoms with Crippen molar-refractivity contribution in [1.82, 2.24) is 15.3 Å². The van der Waals surface area contributed by atoms with E-state index < -0.39 is 17.1 Å². The summed E-state index contributed by atoms with van der Waals surface area (Å²) in [7, 11) is 0. The van der Waals surface area contributed by atoms with Crippen LogP contribution in [0, 0.1) is 0 Å². The molecule has 1 atom stereocenters. The van der Waals surface area contributed by atoms with Gasteiger partial charge < -0.3 is 20.7 Å². The normalized spacial score (nSPS) is 11.9. The van der Waals surface area contributed by atoms with Gasteiger partial charge in [-0.05, 0) is 80.1 Å². The van der Waals surface area contributed by atoms with E-state index in [0.29, 0.717) is 28.6 Å². The second-order valence-electron chi connectivity index (χ2n) is 9.48. The van der Waals surface area contributed by atoms with Crippen LogP contribution in [0.2, 0.25) is 0 Å². The Labute approximate surface area is 262 Å². The molecule has 0 aliphatic carbocycles. The average Bonchev–Trinajstić information content (AvgIpc) is 3.43. The Hall–Kier alpha value is -5.00. The summed E-state index contributed by atoms with van der Waals surface area (Å²) in [5, 5.41) is 8.54. The summed E-state index contributed by atoms with van der Waals surface area (Å²) in [6.45, 7) is 4.30. The van der Waals surface area contributed by atoms with Gasteiger partial charge >= 0.3 is 0 Å². The van der Waals surface area contributed by atoms with E-state index in [9.17, 15) is 14.4 Å². The van der Waals surface area contributed by atoms with Gasteiger partial charge in [0, 0.05) is 28.5 Å². The van der Waals surface area contributed by atoms with Crippen LogP contribution in [-0.4, -0.2) is 39.5 Å². The van der Waals surface area contributed by atoms with Crippen LogP contribution in [0.4, 0.5) is 10.8 Å². The van der Waals surface area contributed by atoms with E-state index in [2.05, 4.69) is 25.9 Å². The molecule has 222 valence electrons. The highest BCUT2D eigenvalue weighted by atomic mass is 32.2. The molecule has 44 heavy (non-hydrogen) atoms. The van der Waals surface area contributed by atoms with Crippen molar-refractivity contribution >= 4 is 67.9 Å². The standard InChI is InChI=1S/C33H29N5O4S2/c1-3-42-25-14-15-27-29(19-25)44-33(37-27)38-30(39)21(2)43-26-13-7-12-24(18-26)35-32(41)28(17-22-9-8-16-34-20-22)36-31(40)23-10-5-4-6-11-23/h4-21H,3H2,1-2H3,(H,35,41)(H,36,40)(H,37,38,39)/b28-17-. The molecule has 5 rings (SSSR count). The molecule has 0 spiro atoms. The second-order valence-corrected chi connectivity index (χ2v) is 11.9. The summed E-state index contributed by atoms with van der Waals surface area (Å²) in [6.07, 6.45) is 4.79. The first-order valence-electron chi connectivity index (χ1n) is 13.8. The monoisotopic (exact) mass is 623 g/mol. The molecule has 3 amide bonds. The van der Waals surface area contributed by atoms with Gasteiger partial charge in [0.1, 0.15) is 11.4 Å². The maximum absolute atomic E-state index is 13.4. The van der Waals surface area contributed by atoms with Crippen LogP contribution in [0.15, 0.2) is 108 Å². The van der Waals surface area contributed by atoms with Gasteiger partial charge in [0.05, 0.1) is 22.1 Å². The Bertz CT molecular complexity index is 1810. The van der Waals surface area contributed by atoms with Crippen molar-refractivity contribution in [2.24, 2.45) is 0 Å². The smallest absolute Gasteiger partial charge is 0.272 e. The highest BCUT2D eigenvalue weighted by Gasteiger charge is 2.18. The minimum atomic E-state index is -0.505. The predicted molar refractivity (Wildman–Crippen MR) is 176 cm³/mol. The number of pyridine rings is 1. The molecule has 0 saturated carbocycles. The third kappa shape index (κ3) is 8.09. The number of nitrogens with one attached hydrogen (secondary N) is 3. The number of benzene rings is 3. The Kier molecular flexibility index (Phi) is 10.0. The summed E-state index contributed by atoms with van der Waals surface area (Å²) in [6, 6.07) is 25.0. The number of rotatable bonds is 11. The summed E-state index contributed by atoms with van der Waals surface area (Å²) >= 11 is 2.73. The number of aromatic nitrogens is 2. The van der Waals surface area contributed by atoms with Gasteiger partial charge in [-0.3, -0.25) is 19.4 Å². The Balaban J connectivity index is 1.25. The molecule has 0 bridgehead atoms. The summed E-state index contributed by atoms with van der Waals surface area (Å²) < 4.78 is 6.48. The summed E-state index contributed by atoms with van der Waals surface area (Å²) in [5.74, 6) is -0.355. The fraction of sp³-hybridized carbons (Fsp3) is 0.121. The van der Waals surface area contributed by atoms with E-state index in [1.807, 2.05) is 37.3 Å². The molecule has 5 aromatic rings. The Morgan fingerprint density at radius 2 is 1.82 bits per heavy atom. The first-order chi connectivity index (χ1) is 21.4. The second kappa shape index (κ2) is 14.5. The van der Waals surface area contributed by atoms with Crippen LogP contribution in [0.25, 0.3) is 16.3 Å². The SMILES string of the molecule is CCOc1ccc2nc(NC(=O)C(C)Sc3cccc(NC(=O)/C(=C/c4cccnc4)NC(=O)c4ccccc4)c3)sc2c1. The molecule has 2 heterocycles. The third-order valence-electron chi connectivity index (χ3n) is 6.20. The van der Waals surface area contributed by atoms with Gasteiger partial charge in [0.15, 0.2) is 5.13 Å². The molecule has 11 heteroatoms. The van der Waals surface area contributed by atoms with Crippen molar-refractivity contribution in [3.63, 3.8) is 0 Å². The van der Waals surface area contributed by atoms with E-state index in [1.54, 1.807) is 80.0 Å². The highest BCUT2D eigenvalue weighted by molar-refractivity contribution is 8.00. The van der Waals surface area contributed by atoms with E-state index in [4.69, 9.17) is 4.74 Å². The van der Waals surface area contributed by atoms with Crippen molar-refractivity contribution in [2.75, 3.05) is 17.2 Å². The summed E-state index contributed by atoms with van der Waals surface area (Å²) in [4.78, 5) is 48.6. The Morgan fingerprint density at radius 3 is 2.59 bits per heavy atom. The van der Waals surface area contributed by atoms with Gasteiger partial charge in [-0.2, -0.15) is 0 Å². The first-order valence-corrected chi connectivity index (χ1v) is 15.5. The zero-order chi connectivity index (χ0) is 30.9. The molecule has 3 aromatic carbocycles. The van der Waals surface area contributed by atoms with Crippen LogP contribution >= 0.6 is 23.1 Å². The molecule has 9 nitrogen and oxygen atoms in total. The molecule has 0 radical (unpaired) electrons. The number of ether oxygens (including phenoxy) is 1. The number of anilines is 2. The molecule has 0 aliphatic rings. The fourth-order valence-electron chi connectivity index (χ4n) is 4.10. The van der Waals surface area contributed by atoms with Gasteiger partial charge in [-0.1, -0.05) is 41.7 Å². The number of amides is 3. The molecular formula is C33H29N5O4S2. The lowest BCUT2D eigenvalue weighted by Crippen LogP contribution is -2.30. The average molecular weight is 624 g/mol. The fourth-order valence-corrected chi connectivity index (χ4v) is 5.92. The minimum absolute atomic E-state index is 0.0573. The molecule has 0 aliphatic heterocycles. The predicted octanol–water partition coefficient (Wildman–Crippen LogP) is 6.62. The number of thiazole rings is 1. The number of carbonyl (C=O) groups excluding carboxylic acids is 3. The molecule has 0 saturated heterocycles. The first kappa shape index (κ1) is 30.5. The Morgan fingerprint density at radius 1 is 0.977 bits per heavy atom. The lowest BCUT2D eigenvalue weighted by molar-refractivity contribution is -0.115. The zero-order valence-electron chi connectivity index (χ0n) is 23.9. The lowest BCUT2D eigenvalue weighted by Gasteiger charge is -2.13. The van der Waals surface area contributed by atoms with Crippen molar-refractivity contribution in [2.45, 2.75) is 24.0 Å². The molecule has 0 fully saturated rings. The van der Waals surface area contributed by atoms with Crippen molar-refractivity contribution in [3.8, 4) is 5.75 Å². The van der Waals surface area contributed by atoms with Crippen LogP contribution in [-0.2, 0) is 9.59 Å². The lowest BCUT2D eigenvalue weighted by atomic mass is 10.2. The number of thioether (sulfide) groups is 1. The molecular weight excluding hydrogens is 595 g/mol. The topological polar surface area (TPSA) is 122 Å². The van der Waals surface area contributed by atoms with Gasteiger partial charge in [0.25, 0.3) is 11.8 Å². The van der Waals surface area contributed by atoms with E-state index in [0.717, 1.165) is 20.9 Å². The maximum Gasteiger partial charge on any atom is 0.272 e. The van der Waals surface area contributed by atoms with E-state index in [1.165, 1.54) is 23.1 Å². The number of hydrogen-bond donors (Lipinski definition) is 3. The van der Waals surface area contributed by atoms with Gasteiger partial charge in [-0.25, -0.2) is 4.98 Å². The zero-order valence-corrected chi connectivity index (χ0v) is 25.6. The third-order valence-corrected chi connectivity index (χ3v) is 8.23. The summed E-state index contributed by atoms with van der Waals surface area (Å²) in [5.41, 5.74) is 2.42. The van der Waals surface area contributed by atoms with Gasteiger partial charge in [-0.15, -0.1) is 11.8 Å².